The summed E-state index contributed by atoms with van der Waals surface area (Å²) in [5.74, 6) is 1.37. The van der Waals surface area contributed by atoms with Gasteiger partial charge in [0.25, 0.3) is 0 Å². The number of nitrogens with one attached hydrogen (secondary N) is 1. The smallest absolute Gasteiger partial charge is 0.236 e. The molecule has 0 unspecified atom stereocenters. The third-order valence-corrected chi connectivity index (χ3v) is 3.23. The zero-order valence-electron chi connectivity index (χ0n) is 13.4. The summed E-state index contributed by atoms with van der Waals surface area (Å²) in [5, 5.41) is 6.71. The molecule has 1 aromatic carbocycles. The summed E-state index contributed by atoms with van der Waals surface area (Å²) in [6.07, 6.45) is 1.87. The number of benzene rings is 1. The van der Waals surface area contributed by atoms with Crippen molar-refractivity contribution in [2.75, 3.05) is 27.4 Å². The molecule has 7 nitrogen and oxygen atoms in total. The highest BCUT2D eigenvalue weighted by Crippen LogP contribution is 2.19. The van der Waals surface area contributed by atoms with E-state index in [1.807, 2.05) is 24.3 Å². The van der Waals surface area contributed by atoms with Crippen LogP contribution in [0.25, 0.3) is 11.4 Å². The van der Waals surface area contributed by atoms with Gasteiger partial charge in [-0.05, 0) is 37.1 Å². The van der Waals surface area contributed by atoms with Gasteiger partial charge in [-0.15, -0.1) is 0 Å². The molecule has 23 heavy (non-hydrogen) atoms. The molecule has 0 spiro atoms. The van der Waals surface area contributed by atoms with Crippen molar-refractivity contribution in [3.8, 4) is 17.1 Å². The largest absolute Gasteiger partial charge is 0.497 e. The third-order valence-electron chi connectivity index (χ3n) is 3.23. The van der Waals surface area contributed by atoms with E-state index in [0.29, 0.717) is 24.9 Å². The van der Waals surface area contributed by atoms with E-state index in [0.717, 1.165) is 24.2 Å². The Labute approximate surface area is 135 Å². The maximum absolute atomic E-state index is 11.8. The number of rotatable bonds is 9. The number of carbonyl (C=O) groups is 1. The van der Waals surface area contributed by atoms with E-state index in [4.69, 9.17) is 14.0 Å². The van der Waals surface area contributed by atoms with Crippen LogP contribution in [0.15, 0.2) is 28.8 Å². The lowest BCUT2D eigenvalue weighted by molar-refractivity contribution is -0.120. The second-order valence-corrected chi connectivity index (χ2v) is 4.97. The molecule has 7 heteroatoms. The second kappa shape index (κ2) is 8.89. The molecule has 1 heterocycles. The molecule has 0 bridgehead atoms. The quantitative estimate of drug-likeness (QED) is 0.710. The number of amides is 1. The molecule has 0 aliphatic heterocycles. The molecule has 1 aromatic heterocycles. The Hall–Kier alpha value is -2.41. The highest BCUT2D eigenvalue weighted by Gasteiger charge is 2.12. The SMILES string of the molecule is COCCCCNC(=O)Cc1nc(-c2ccc(OC)cc2)no1. The van der Waals surface area contributed by atoms with Crippen molar-refractivity contribution in [3.63, 3.8) is 0 Å². The molecular formula is C16H21N3O4. The number of nitrogens with zero attached hydrogens (tertiary/aromatic N) is 2. The number of hydrogen-bond acceptors (Lipinski definition) is 6. The van der Waals surface area contributed by atoms with Gasteiger partial charge in [-0.3, -0.25) is 4.79 Å². The molecule has 0 aliphatic carbocycles. The van der Waals surface area contributed by atoms with Crippen molar-refractivity contribution >= 4 is 5.91 Å². The van der Waals surface area contributed by atoms with Crippen molar-refractivity contribution in [1.82, 2.24) is 15.5 Å². The molecule has 2 aromatic rings. The van der Waals surface area contributed by atoms with Crippen LogP contribution >= 0.6 is 0 Å². The molecular weight excluding hydrogens is 298 g/mol. The first-order valence-corrected chi connectivity index (χ1v) is 7.45. The Kier molecular flexibility index (Phi) is 6.56. The summed E-state index contributed by atoms with van der Waals surface area (Å²) >= 11 is 0. The number of ether oxygens (including phenoxy) is 2. The van der Waals surface area contributed by atoms with Gasteiger partial charge < -0.3 is 19.3 Å². The first-order valence-electron chi connectivity index (χ1n) is 7.45. The lowest BCUT2D eigenvalue weighted by atomic mass is 10.2. The first-order chi connectivity index (χ1) is 11.2. The average molecular weight is 319 g/mol. The minimum absolute atomic E-state index is 0.0768. The fourth-order valence-electron chi connectivity index (χ4n) is 1.98. The third kappa shape index (κ3) is 5.37. The standard InChI is InChI=1S/C16H21N3O4/c1-21-10-4-3-9-17-14(20)11-15-18-16(19-23-15)12-5-7-13(22-2)8-6-12/h5-8H,3-4,9-11H2,1-2H3,(H,17,20). The Morgan fingerprint density at radius 2 is 2.00 bits per heavy atom. The lowest BCUT2D eigenvalue weighted by Crippen LogP contribution is -2.26. The molecule has 0 saturated heterocycles. The van der Waals surface area contributed by atoms with Gasteiger partial charge in [-0.1, -0.05) is 5.16 Å². The number of unbranched alkanes of at least 4 members (excludes halogenated alkanes) is 1. The Bertz CT molecular complexity index is 610. The monoisotopic (exact) mass is 319 g/mol. The van der Waals surface area contributed by atoms with Crippen LogP contribution < -0.4 is 10.1 Å². The maximum atomic E-state index is 11.8. The number of carbonyl (C=O) groups excluding carboxylic acids is 1. The summed E-state index contributed by atoms with van der Waals surface area (Å²) < 4.78 is 15.2. The van der Waals surface area contributed by atoms with E-state index >= 15 is 0 Å². The molecule has 0 aliphatic rings. The van der Waals surface area contributed by atoms with Crippen LogP contribution in [-0.2, 0) is 16.0 Å². The predicted molar refractivity (Wildman–Crippen MR) is 84.1 cm³/mol. The van der Waals surface area contributed by atoms with Gasteiger partial charge in [-0.25, -0.2) is 0 Å². The zero-order chi connectivity index (χ0) is 16.5. The van der Waals surface area contributed by atoms with Crippen LogP contribution in [-0.4, -0.2) is 43.4 Å². The van der Waals surface area contributed by atoms with Crippen LogP contribution in [0.3, 0.4) is 0 Å². The fourth-order valence-corrected chi connectivity index (χ4v) is 1.98. The summed E-state index contributed by atoms with van der Waals surface area (Å²) in [4.78, 5) is 16.0. The van der Waals surface area contributed by atoms with Gasteiger partial charge in [0.15, 0.2) is 0 Å². The Balaban J connectivity index is 1.83. The molecule has 0 radical (unpaired) electrons. The fraction of sp³-hybridized carbons (Fsp3) is 0.438. The summed E-state index contributed by atoms with van der Waals surface area (Å²) in [6.45, 7) is 1.31. The van der Waals surface area contributed by atoms with Crippen LogP contribution in [0.2, 0.25) is 0 Å². The number of aromatic nitrogens is 2. The molecule has 1 amide bonds. The van der Waals surface area contributed by atoms with Gasteiger partial charge >= 0.3 is 0 Å². The Morgan fingerprint density at radius 3 is 2.70 bits per heavy atom. The molecule has 0 fully saturated rings. The average Bonchev–Trinajstić information content (AvgIpc) is 3.03. The van der Waals surface area contributed by atoms with E-state index < -0.39 is 0 Å². The van der Waals surface area contributed by atoms with Crippen LogP contribution in [0, 0.1) is 0 Å². The second-order valence-electron chi connectivity index (χ2n) is 4.97. The maximum Gasteiger partial charge on any atom is 0.236 e. The number of methoxy groups -OCH3 is 2. The normalized spacial score (nSPS) is 10.5. The summed E-state index contributed by atoms with van der Waals surface area (Å²) in [5.41, 5.74) is 0.806. The van der Waals surface area contributed by atoms with E-state index in [1.54, 1.807) is 14.2 Å². The molecule has 2 rings (SSSR count). The molecule has 0 atom stereocenters. The van der Waals surface area contributed by atoms with Gasteiger partial charge in [0.1, 0.15) is 12.2 Å². The minimum atomic E-state index is -0.132. The van der Waals surface area contributed by atoms with Crippen molar-refractivity contribution in [2.45, 2.75) is 19.3 Å². The van der Waals surface area contributed by atoms with Gasteiger partial charge in [-0.2, -0.15) is 4.98 Å². The predicted octanol–water partition coefficient (Wildman–Crippen LogP) is 1.83. The molecule has 0 saturated carbocycles. The van der Waals surface area contributed by atoms with E-state index in [2.05, 4.69) is 15.5 Å². The Morgan fingerprint density at radius 1 is 1.22 bits per heavy atom. The van der Waals surface area contributed by atoms with E-state index in [-0.39, 0.29) is 12.3 Å². The lowest BCUT2D eigenvalue weighted by Gasteiger charge is -2.02. The highest BCUT2D eigenvalue weighted by molar-refractivity contribution is 5.77. The van der Waals surface area contributed by atoms with Crippen LogP contribution in [0.4, 0.5) is 0 Å². The zero-order valence-corrected chi connectivity index (χ0v) is 13.4. The van der Waals surface area contributed by atoms with Crippen molar-refractivity contribution in [2.24, 2.45) is 0 Å². The van der Waals surface area contributed by atoms with Gasteiger partial charge in [0.2, 0.25) is 17.6 Å². The minimum Gasteiger partial charge on any atom is -0.497 e. The van der Waals surface area contributed by atoms with Crippen molar-refractivity contribution < 1.29 is 18.8 Å². The van der Waals surface area contributed by atoms with Gasteiger partial charge in [0, 0.05) is 25.8 Å². The van der Waals surface area contributed by atoms with E-state index in [9.17, 15) is 4.79 Å². The summed E-state index contributed by atoms with van der Waals surface area (Å²) in [7, 11) is 3.27. The highest BCUT2D eigenvalue weighted by atomic mass is 16.5. The number of hydrogen-bond donors (Lipinski definition) is 1. The van der Waals surface area contributed by atoms with Crippen LogP contribution in [0.1, 0.15) is 18.7 Å². The topological polar surface area (TPSA) is 86.5 Å². The van der Waals surface area contributed by atoms with Crippen molar-refractivity contribution in [3.05, 3.63) is 30.2 Å². The van der Waals surface area contributed by atoms with Crippen LogP contribution in [0.5, 0.6) is 5.75 Å². The molecule has 1 N–H and O–H groups in total. The van der Waals surface area contributed by atoms with E-state index in [1.165, 1.54) is 0 Å². The van der Waals surface area contributed by atoms with Gasteiger partial charge in [0.05, 0.1) is 7.11 Å². The molecule has 124 valence electrons. The van der Waals surface area contributed by atoms with Crippen molar-refractivity contribution in [1.29, 1.82) is 0 Å². The first kappa shape index (κ1) is 17.0. The summed E-state index contributed by atoms with van der Waals surface area (Å²) in [6, 6.07) is 7.31.